The maximum atomic E-state index is 12.3. The molecule has 2 aromatic carbocycles. The first-order chi connectivity index (χ1) is 11.6. The third kappa shape index (κ3) is 3.32. The molecule has 3 rings (SSSR count). The number of rotatable bonds is 4. The van der Waals surface area contributed by atoms with Crippen molar-refractivity contribution < 1.29 is 19.1 Å². The van der Waals surface area contributed by atoms with Gasteiger partial charge in [-0.1, -0.05) is 18.2 Å². The minimum absolute atomic E-state index is 0.302. The Labute approximate surface area is 139 Å². The van der Waals surface area contributed by atoms with Crippen molar-refractivity contribution in [3.05, 3.63) is 53.6 Å². The predicted octanol–water partition coefficient (Wildman–Crippen LogP) is 2.02. The Hall–Kier alpha value is -3.02. The van der Waals surface area contributed by atoms with Crippen LogP contribution < -0.4 is 20.1 Å². The van der Waals surface area contributed by atoms with Gasteiger partial charge in [-0.15, -0.1) is 0 Å². The molecule has 1 aliphatic rings. The minimum Gasteiger partial charge on any atom is -0.497 e. The summed E-state index contributed by atoms with van der Waals surface area (Å²) < 4.78 is 10.6. The van der Waals surface area contributed by atoms with Gasteiger partial charge >= 0.3 is 0 Å². The zero-order chi connectivity index (χ0) is 17.1. The Morgan fingerprint density at radius 3 is 2.71 bits per heavy atom. The average Bonchev–Trinajstić information content (AvgIpc) is 2.59. The van der Waals surface area contributed by atoms with Crippen LogP contribution in [0.3, 0.4) is 0 Å². The third-order valence-corrected chi connectivity index (χ3v) is 3.74. The number of hydrogen-bond donors (Lipinski definition) is 2. The number of amides is 2. The van der Waals surface area contributed by atoms with Crippen LogP contribution in [0.4, 0.5) is 5.69 Å². The summed E-state index contributed by atoms with van der Waals surface area (Å²) in [5.41, 5.74) is 2.48. The summed E-state index contributed by atoms with van der Waals surface area (Å²) in [5, 5.41) is 5.42. The van der Waals surface area contributed by atoms with E-state index >= 15 is 0 Å². The van der Waals surface area contributed by atoms with Crippen LogP contribution in [0.2, 0.25) is 0 Å². The van der Waals surface area contributed by atoms with Gasteiger partial charge in [0.25, 0.3) is 17.9 Å². The van der Waals surface area contributed by atoms with Crippen molar-refractivity contribution in [2.75, 3.05) is 12.4 Å². The lowest BCUT2D eigenvalue weighted by Crippen LogP contribution is -2.48. The SMILES string of the molecule is COc1ccc(CNC(=O)[C@@H]2Oc3ccc(C)cc3NC2=O)cc1. The van der Waals surface area contributed by atoms with E-state index in [9.17, 15) is 9.59 Å². The molecule has 0 spiro atoms. The number of methoxy groups -OCH3 is 1. The number of fused-ring (bicyclic) bond motifs is 1. The number of benzene rings is 2. The molecule has 0 bridgehead atoms. The molecule has 1 atom stereocenters. The summed E-state index contributed by atoms with van der Waals surface area (Å²) in [6, 6.07) is 12.7. The Morgan fingerprint density at radius 2 is 2.00 bits per heavy atom. The Kier molecular flexibility index (Phi) is 4.37. The zero-order valence-electron chi connectivity index (χ0n) is 13.5. The van der Waals surface area contributed by atoms with E-state index in [-0.39, 0.29) is 0 Å². The van der Waals surface area contributed by atoms with Crippen LogP contribution in [-0.2, 0) is 16.1 Å². The van der Waals surface area contributed by atoms with Gasteiger partial charge in [-0.25, -0.2) is 0 Å². The first kappa shape index (κ1) is 15.9. The first-order valence-electron chi connectivity index (χ1n) is 7.55. The molecule has 124 valence electrons. The lowest BCUT2D eigenvalue weighted by Gasteiger charge is -2.25. The Bertz CT molecular complexity index is 771. The molecule has 2 N–H and O–H groups in total. The highest BCUT2D eigenvalue weighted by atomic mass is 16.5. The average molecular weight is 326 g/mol. The van der Waals surface area contributed by atoms with Crippen LogP contribution in [0.15, 0.2) is 42.5 Å². The van der Waals surface area contributed by atoms with Crippen molar-refractivity contribution in [1.29, 1.82) is 0 Å². The highest BCUT2D eigenvalue weighted by Gasteiger charge is 2.33. The van der Waals surface area contributed by atoms with Crippen molar-refractivity contribution in [3.8, 4) is 11.5 Å². The molecule has 0 saturated heterocycles. The number of carbonyl (C=O) groups excluding carboxylic acids is 2. The number of hydrogen-bond acceptors (Lipinski definition) is 4. The molecule has 0 fully saturated rings. The van der Waals surface area contributed by atoms with E-state index in [4.69, 9.17) is 9.47 Å². The normalized spacial score (nSPS) is 15.8. The molecule has 2 aromatic rings. The van der Waals surface area contributed by atoms with Crippen molar-refractivity contribution in [2.45, 2.75) is 19.6 Å². The fraction of sp³-hybridized carbons (Fsp3) is 0.222. The van der Waals surface area contributed by atoms with Crippen molar-refractivity contribution >= 4 is 17.5 Å². The molecular formula is C18H18N2O4. The van der Waals surface area contributed by atoms with Gasteiger partial charge in [0.05, 0.1) is 12.8 Å². The molecule has 0 radical (unpaired) electrons. The molecule has 1 aliphatic heterocycles. The Morgan fingerprint density at radius 1 is 1.25 bits per heavy atom. The fourth-order valence-electron chi connectivity index (χ4n) is 2.42. The summed E-state index contributed by atoms with van der Waals surface area (Å²) in [6.45, 7) is 2.22. The second-order valence-electron chi connectivity index (χ2n) is 5.55. The highest BCUT2D eigenvalue weighted by molar-refractivity contribution is 6.11. The van der Waals surface area contributed by atoms with Gasteiger partial charge in [0, 0.05) is 6.54 Å². The van der Waals surface area contributed by atoms with E-state index in [0.717, 1.165) is 16.9 Å². The number of aryl methyl sites for hydroxylation is 1. The van der Waals surface area contributed by atoms with Crippen LogP contribution in [0.5, 0.6) is 11.5 Å². The minimum atomic E-state index is -1.20. The monoisotopic (exact) mass is 326 g/mol. The van der Waals surface area contributed by atoms with Gasteiger partial charge in [-0.2, -0.15) is 0 Å². The number of anilines is 1. The maximum Gasteiger partial charge on any atom is 0.275 e. The quantitative estimate of drug-likeness (QED) is 0.843. The van der Waals surface area contributed by atoms with Gasteiger partial charge in [-0.05, 0) is 42.3 Å². The van der Waals surface area contributed by atoms with Crippen molar-refractivity contribution in [1.82, 2.24) is 5.32 Å². The first-order valence-corrected chi connectivity index (χ1v) is 7.55. The van der Waals surface area contributed by atoms with Crippen molar-refractivity contribution in [2.24, 2.45) is 0 Å². The number of nitrogens with one attached hydrogen (secondary N) is 2. The summed E-state index contributed by atoms with van der Waals surface area (Å²) in [5.74, 6) is 0.284. The lowest BCUT2D eigenvalue weighted by atomic mass is 10.1. The van der Waals surface area contributed by atoms with E-state index in [2.05, 4.69) is 10.6 Å². The second-order valence-corrected chi connectivity index (χ2v) is 5.55. The maximum absolute atomic E-state index is 12.3. The van der Waals surface area contributed by atoms with E-state index in [1.807, 2.05) is 37.3 Å². The number of ether oxygens (including phenoxy) is 2. The van der Waals surface area contributed by atoms with Crippen LogP contribution in [-0.4, -0.2) is 25.0 Å². The summed E-state index contributed by atoms with van der Waals surface area (Å²) in [4.78, 5) is 24.4. The number of carbonyl (C=O) groups is 2. The van der Waals surface area contributed by atoms with E-state index in [1.54, 1.807) is 19.2 Å². The summed E-state index contributed by atoms with van der Waals surface area (Å²) in [6.07, 6.45) is -1.20. The van der Waals surface area contributed by atoms with E-state index in [0.29, 0.717) is 18.0 Å². The summed E-state index contributed by atoms with van der Waals surface area (Å²) in [7, 11) is 1.59. The molecule has 0 unspecified atom stereocenters. The molecule has 0 aromatic heterocycles. The van der Waals surface area contributed by atoms with Gasteiger partial charge in [0.1, 0.15) is 11.5 Å². The molecule has 2 amide bonds. The van der Waals surface area contributed by atoms with Crippen LogP contribution >= 0.6 is 0 Å². The van der Waals surface area contributed by atoms with Gasteiger partial charge in [0.15, 0.2) is 0 Å². The molecule has 0 saturated carbocycles. The molecule has 0 aliphatic carbocycles. The van der Waals surface area contributed by atoms with Gasteiger partial charge in [0.2, 0.25) is 0 Å². The largest absolute Gasteiger partial charge is 0.497 e. The predicted molar refractivity (Wildman–Crippen MR) is 89.1 cm³/mol. The lowest BCUT2D eigenvalue weighted by molar-refractivity contribution is -0.137. The van der Waals surface area contributed by atoms with Crippen LogP contribution in [0.1, 0.15) is 11.1 Å². The van der Waals surface area contributed by atoms with Gasteiger partial charge in [-0.3, -0.25) is 9.59 Å². The van der Waals surface area contributed by atoms with Crippen LogP contribution in [0.25, 0.3) is 0 Å². The smallest absolute Gasteiger partial charge is 0.275 e. The molecule has 1 heterocycles. The van der Waals surface area contributed by atoms with E-state index < -0.39 is 17.9 Å². The topological polar surface area (TPSA) is 76.7 Å². The zero-order valence-corrected chi connectivity index (χ0v) is 13.5. The highest BCUT2D eigenvalue weighted by Crippen LogP contribution is 2.30. The molecule has 24 heavy (non-hydrogen) atoms. The fourth-order valence-corrected chi connectivity index (χ4v) is 2.42. The molecule has 6 heteroatoms. The Balaban J connectivity index is 1.64. The van der Waals surface area contributed by atoms with Gasteiger partial charge < -0.3 is 20.1 Å². The third-order valence-electron chi connectivity index (χ3n) is 3.74. The molecular weight excluding hydrogens is 308 g/mol. The standard InChI is InChI=1S/C18H18N2O4/c1-11-3-8-15-14(9-11)20-18(22)16(24-15)17(21)19-10-12-4-6-13(23-2)7-5-12/h3-9,16H,10H2,1-2H3,(H,19,21)(H,20,22)/t16-/m0/s1. The second kappa shape index (κ2) is 6.62. The van der Waals surface area contributed by atoms with Crippen molar-refractivity contribution in [3.63, 3.8) is 0 Å². The molecule has 6 nitrogen and oxygen atoms in total. The summed E-state index contributed by atoms with van der Waals surface area (Å²) >= 11 is 0. The van der Waals surface area contributed by atoms with Crippen LogP contribution in [0, 0.1) is 6.92 Å². The van der Waals surface area contributed by atoms with E-state index in [1.165, 1.54) is 0 Å².